The molecule has 26 heavy (non-hydrogen) atoms. The van der Waals surface area contributed by atoms with Gasteiger partial charge in [0.15, 0.2) is 0 Å². The van der Waals surface area contributed by atoms with Crippen molar-refractivity contribution in [1.29, 1.82) is 0 Å². The summed E-state index contributed by atoms with van der Waals surface area (Å²) < 4.78 is 0. The SMILES string of the molecule is C=C(C)CCCP(Br)(c1ccccc1)(c1ccccc1)c1ccccc1. The van der Waals surface area contributed by atoms with Crippen LogP contribution < -0.4 is 15.9 Å². The van der Waals surface area contributed by atoms with Crippen LogP contribution >= 0.6 is 20.8 Å². The summed E-state index contributed by atoms with van der Waals surface area (Å²) in [6, 6.07) is 32.9. The van der Waals surface area contributed by atoms with Crippen LogP contribution in [0.2, 0.25) is 0 Å². The maximum absolute atomic E-state index is 4.47. The minimum atomic E-state index is -2.73. The molecule has 3 rings (SSSR count). The van der Waals surface area contributed by atoms with Gasteiger partial charge in [-0.25, -0.2) is 0 Å². The Hall–Kier alpha value is -1.69. The van der Waals surface area contributed by atoms with Gasteiger partial charge in [0.1, 0.15) is 0 Å². The quantitative estimate of drug-likeness (QED) is 0.313. The summed E-state index contributed by atoms with van der Waals surface area (Å²) in [7, 11) is 0. The molecule has 0 aromatic heterocycles. The zero-order valence-corrected chi connectivity index (χ0v) is 17.8. The van der Waals surface area contributed by atoms with Crippen molar-refractivity contribution in [3.8, 4) is 0 Å². The van der Waals surface area contributed by atoms with Crippen LogP contribution in [0.5, 0.6) is 0 Å². The summed E-state index contributed by atoms with van der Waals surface area (Å²) in [5.41, 5.74) is 1.25. The second-order valence-corrected chi connectivity index (χ2v) is 16.0. The molecule has 0 fully saturated rings. The van der Waals surface area contributed by atoms with Crippen molar-refractivity contribution >= 4 is 36.7 Å². The van der Waals surface area contributed by atoms with E-state index in [4.69, 9.17) is 0 Å². The van der Waals surface area contributed by atoms with E-state index in [0.717, 1.165) is 19.0 Å². The van der Waals surface area contributed by atoms with Crippen molar-refractivity contribution in [3.63, 3.8) is 0 Å². The van der Waals surface area contributed by atoms with Gasteiger partial charge < -0.3 is 0 Å². The normalized spacial score (nSPS) is 12.9. The van der Waals surface area contributed by atoms with Crippen LogP contribution in [0.4, 0.5) is 0 Å². The third-order valence-corrected chi connectivity index (χ3v) is 15.1. The number of allylic oxidation sites excluding steroid dienone is 1. The molecule has 0 atom stereocenters. The first-order chi connectivity index (χ1) is 12.6. The Morgan fingerprint density at radius 1 is 0.731 bits per heavy atom. The summed E-state index contributed by atoms with van der Waals surface area (Å²) in [5.74, 6) is 0. The molecule has 0 unspecified atom stereocenters. The van der Waals surface area contributed by atoms with Gasteiger partial charge in [-0.05, 0) is 0 Å². The molecule has 0 bridgehead atoms. The minimum absolute atomic E-state index is 1.05. The van der Waals surface area contributed by atoms with Crippen LogP contribution in [-0.2, 0) is 0 Å². The number of benzene rings is 3. The van der Waals surface area contributed by atoms with E-state index in [-0.39, 0.29) is 0 Å². The van der Waals surface area contributed by atoms with Crippen molar-refractivity contribution in [2.24, 2.45) is 0 Å². The molecule has 0 aliphatic rings. The monoisotopic (exact) mass is 424 g/mol. The van der Waals surface area contributed by atoms with Gasteiger partial charge in [0.05, 0.1) is 0 Å². The van der Waals surface area contributed by atoms with Crippen LogP contribution in [0.1, 0.15) is 19.8 Å². The average molecular weight is 425 g/mol. The molecule has 0 radical (unpaired) electrons. The van der Waals surface area contributed by atoms with E-state index in [1.54, 1.807) is 0 Å². The zero-order chi connectivity index (χ0) is 18.5. The third-order valence-electron chi connectivity index (χ3n) is 5.07. The van der Waals surface area contributed by atoms with Gasteiger partial charge >= 0.3 is 166 Å². The van der Waals surface area contributed by atoms with Gasteiger partial charge in [-0.15, -0.1) is 0 Å². The van der Waals surface area contributed by atoms with Gasteiger partial charge in [-0.2, -0.15) is 0 Å². The molecule has 0 nitrogen and oxygen atoms in total. The van der Waals surface area contributed by atoms with E-state index in [0.29, 0.717) is 0 Å². The van der Waals surface area contributed by atoms with Crippen LogP contribution in [-0.4, -0.2) is 6.16 Å². The standard InChI is InChI=1S/C24H26BrP/c1-21(2)13-12-20-26(25,22-14-6-3-7-15-22,23-16-8-4-9-17-23)24-18-10-5-11-19-24/h3-11,14-19H,1,12-13,20H2,2H3. The molecule has 3 aromatic carbocycles. The Morgan fingerprint density at radius 2 is 1.08 bits per heavy atom. The second kappa shape index (κ2) is 7.91. The summed E-state index contributed by atoms with van der Waals surface area (Å²) in [6.45, 7) is 6.24. The molecule has 134 valence electrons. The first-order valence-electron chi connectivity index (χ1n) is 9.10. The molecule has 3 aromatic rings. The second-order valence-electron chi connectivity index (χ2n) is 6.97. The summed E-state index contributed by atoms with van der Waals surface area (Å²) in [6.07, 6.45) is 3.24. The van der Waals surface area contributed by atoms with E-state index in [9.17, 15) is 0 Å². The third kappa shape index (κ3) is 3.43. The Balaban J connectivity index is 2.29. The van der Waals surface area contributed by atoms with Crippen LogP contribution in [0.3, 0.4) is 0 Å². The Labute approximate surface area is 165 Å². The molecule has 0 saturated carbocycles. The van der Waals surface area contributed by atoms with Gasteiger partial charge in [0.2, 0.25) is 0 Å². The number of hydrogen-bond acceptors (Lipinski definition) is 0. The maximum atomic E-state index is 4.47. The Kier molecular flexibility index (Phi) is 5.80. The number of hydrogen-bond donors (Lipinski definition) is 0. The van der Waals surface area contributed by atoms with Crippen molar-refractivity contribution in [2.45, 2.75) is 19.8 Å². The first-order valence-corrected chi connectivity index (χ1v) is 13.5. The van der Waals surface area contributed by atoms with E-state index in [1.807, 2.05) is 0 Å². The van der Waals surface area contributed by atoms with E-state index in [2.05, 4.69) is 120 Å². The van der Waals surface area contributed by atoms with Crippen LogP contribution in [0, 0.1) is 0 Å². The molecule has 0 spiro atoms. The van der Waals surface area contributed by atoms with Crippen molar-refractivity contribution in [2.75, 3.05) is 6.16 Å². The Morgan fingerprint density at radius 3 is 1.38 bits per heavy atom. The van der Waals surface area contributed by atoms with Crippen LogP contribution in [0.25, 0.3) is 0 Å². The summed E-state index contributed by atoms with van der Waals surface area (Å²) in [5, 5.41) is 1.43. The predicted octanol–water partition coefficient (Wildman–Crippen LogP) is 6.18. The van der Waals surface area contributed by atoms with Crippen molar-refractivity contribution in [3.05, 3.63) is 103 Å². The van der Waals surface area contributed by atoms with Gasteiger partial charge in [0, 0.05) is 0 Å². The first kappa shape index (κ1) is 19.1. The van der Waals surface area contributed by atoms with E-state index >= 15 is 0 Å². The molecule has 0 aliphatic heterocycles. The fourth-order valence-corrected chi connectivity index (χ4v) is 11.4. The van der Waals surface area contributed by atoms with Gasteiger partial charge in [-0.3, -0.25) is 0 Å². The van der Waals surface area contributed by atoms with E-state index in [1.165, 1.54) is 21.5 Å². The molecule has 0 aliphatic carbocycles. The van der Waals surface area contributed by atoms with Gasteiger partial charge in [-0.1, -0.05) is 0 Å². The molecular formula is C24H26BrP. The fourth-order valence-electron chi connectivity index (χ4n) is 3.73. The molecule has 0 amide bonds. The zero-order valence-electron chi connectivity index (χ0n) is 15.3. The summed E-state index contributed by atoms with van der Waals surface area (Å²) >= 11 is 4.47. The number of rotatable bonds is 7. The average Bonchev–Trinajstić information content (AvgIpc) is 2.70. The molecular weight excluding hydrogens is 399 g/mol. The van der Waals surface area contributed by atoms with E-state index < -0.39 is 5.31 Å². The van der Waals surface area contributed by atoms with Crippen molar-refractivity contribution < 1.29 is 0 Å². The molecule has 0 saturated heterocycles. The predicted molar refractivity (Wildman–Crippen MR) is 123 cm³/mol. The summed E-state index contributed by atoms with van der Waals surface area (Å²) in [4.78, 5) is 0. The molecule has 0 N–H and O–H groups in total. The van der Waals surface area contributed by atoms with Crippen molar-refractivity contribution in [1.82, 2.24) is 0 Å². The van der Waals surface area contributed by atoms with Crippen LogP contribution in [0.15, 0.2) is 103 Å². The number of halogens is 1. The van der Waals surface area contributed by atoms with Gasteiger partial charge in [0.25, 0.3) is 0 Å². The fraction of sp³-hybridized carbons (Fsp3) is 0.167. The molecule has 2 heteroatoms. The molecule has 0 heterocycles. The topological polar surface area (TPSA) is 0 Å². The Bertz CT molecular complexity index is 757.